The van der Waals surface area contributed by atoms with Gasteiger partial charge in [-0.15, -0.1) is 0 Å². The summed E-state index contributed by atoms with van der Waals surface area (Å²) in [4.78, 5) is 6.75. The fourth-order valence-electron chi connectivity index (χ4n) is 0.699. The van der Waals surface area contributed by atoms with E-state index in [-0.39, 0.29) is 6.04 Å². The van der Waals surface area contributed by atoms with Crippen molar-refractivity contribution in [1.82, 2.24) is 9.82 Å². The Morgan fingerprint density at radius 3 is 2.82 bits per heavy atom. The molecule has 1 atom stereocenters. The Morgan fingerprint density at radius 2 is 2.36 bits per heavy atom. The second-order valence-electron chi connectivity index (χ2n) is 2.23. The molecule has 60 valence electrons. The molecule has 0 bridgehead atoms. The highest BCUT2D eigenvalue weighted by atomic mass is 79.9. The number of halogens is 2. The molecule has 0 saturated heterocycles. The standard InChI is InChI=1S/C7H8BrClN2/c1-5(11-9)7-3-2-6(8)4-10-7/h2-5,11H,1H3. The Bertz CT molecular complexity index is 224. The lowest BCUT2D eigenvalue weighted by Gasteiger charge is -2.06. The van der Waals surface area contributed by atoms with E-state index in [4.69, 9.17) is 11.8 Å². The van der Waals surface area contributed by atoms with Crippen molar-refractivity contribution in [3.63, 3.8) is 0 Å². The summed E-state index contributed by atoms with van der Waals surface area (Å²) in [5.41, 5.74) is 0.934. The molecule has 1 heterocycles. The first-order valence-electron chi connectivity index (χ1n) is 3.21. The largest absolute Gasteiger partial charge is 0.258 e. The number of aromatic nitrogens is 1. The fraction of sp³-hybridized carbons (Fsp3) is 0.286. The van der Waals surface area contributed by atoms with Crippen LogP contribution in [0.1, 0.15) is 18.7 Å². The SMILES string of the molecule is CC(NCl)c1ccc(Br)cn1. The number of rotatable bonds is 2. The van der Waals surface area contributed by atoms with Crippen molar-refractivity contribution in [2.24, 2.45) is 0 Å². The van der Waals surface area contributed by atoms with Crippen molar-refractivity contribution < 1.29 is 0 Å². The minimum Gasteiger partial charge on any atom is -0.258 e. The first-order chi connectivity index (χ1) is 5.24. The third kappa shape index (κ3) is 2.43. The van der Waals surface area contributed by atoms with Gasteiger partial charge in [0.15, 0.2) is 0 Å². The van der Waals surface area contributed by atoms with Gasteiger partial charge < -0.3 is 0 Å². The second kappa shape index (κ2) is 4.04. The monoisotopic (exact) mass is 234 g/mol. The van der Waals surface area contributed by atoms with E-state index in [2.05, 4.69) is 25.7 Å². The Kier molecular flexibility index (Phi) is 3.30. The number of nitrogens with zero attached hydrogens (tertiary/aromatic N) is 1. The molecule has 0 spiro atoms. The lowest BCUT2D eigenvalue weighted by Crippen LogP contribution is -2.07. The van der Waals surface area contributed by atoms with Crippen LogP contribution in [0.15, 0.2) is 22.8 Å². The van der Waals surface area contributed by atoms with Crippen molar-refractivity contribution in [2.75, 3.05) is 0 Å². The van der Waals surface area contributed by atoms with Crippen molar-refractivity contribution in [3.8, 4) is 0 Å². The Labute approximate surface area is 79.2 Å². The summed E-state index contributed by atoms with van der Waals surface area (Å²) >= 11 is 8.73. The molecular formula is C7H8BrClN2. The molecule has 2 nitrogen and oxygen atoms in total. The average Bonchev–Trinajstić information content (AvgIpc) is 2.05. The molecular weight excluding hydrogens is 227 g/mol. The molecule has 1 aromatic heterocycles. The molecule has 0 aliphatic heterocycles. The summed E-state index contributed by atoms with van der Waals surface area (Å²) in [6.07, 6.45) is 1.75. The van der Waals surface area contributed by atoms with E-state index in [9.17, 15) is 0 Å². The van der Waals surface area contributed by atoms with Gasteiger partial charge in [0.1, 0.15) is 0 Å². The van der Waals surface area contributed by atoms with Crippen molar-refractivity contribution in [1.29, 1.82) is 0 Å². The summed E-state index contributed by atoms with van der Waals surface area (Å²) in [6, 6.07) is 3.95. The highest BCUT2D eigenvalue weighted by Gasteiger charge is 2.02. The molecule has 0 aliphatic carbocycles. The van der Waals surface area contributed by atoms with E-state index in [1.165, 1.54) is 0 Å². The zero-order chi connectivity index (χ0) is 8.27. The third-order valence-corrected chi connectivity index (χ3v) is 2.15. The van der Waals surface area contributed by atoms with Crippen molar-refractivity contribution in [2.45, 2.75) is 13.0 Å². The maximum absolute atomic E-state index is 5.42. The third-order valence-electron chi connectivity index (χ3n) is 1.36. The number of hydrogen-bond acceptors (Lipinski definition) is 2. The minimum atomic E-state index is 0.0877. The fourth-order valence-corrected chi connectivity index (χ4v) is 1.05. The van der Waals surface area contributed by atoms with Crippen LogP contribution in [0.5, 0.6) is 0 Å². The van der Waals surface area contributed by atoms with Crippen LogP contribution in [-0.2, 0) is 0 Å². The van der Waals surface area contributed by atoms with Gasteiger partial charge in [-0.2, -0.15) is 0 Å². The van der Waals surface area contributed by atoms with Crippen LogP contribution in [-0.4, -0.2) is 4.98 Å². The van der Waals surface area contributed by atoms with E-state index in [0.717, 1.165) is 10.2 Å². The maximum Gasteiger partial charge on any atom is 0.0614 e. The van der Waals surface area contributed by atoms with Crippen LogP contribution in [0.2, 0.25) is 0 Å². The molecule has 0 aromatic carbocycles. The lowest BCUT2D eigenvalue weighted by atomic mass is 10.2. The average molecular weight is 236 g/mol. The van der Waals surface area contributed by atoms with Crippen molar-refractivity contribution in [3.05, 3.63) is 28.5 Å². The normalized spacial score (nSPS) is 13.0. The van der Waals surface area contributed by atoms with Gasteiger partial charge in [0.05, 0.1) is 11.7 Å². The van der Waals surface area contributed by atoms with E-state index < -0.39 is 0 Å². The van der Waals surface area contributed by atoms with Crippen LogP contribution in [0.3, 0.4) is 0 Å². The number of pyridine rings is 1. The molecule has 1 rings (SSSR count). The number of nitrogens with one attached hydrogen (secondary N) is 1. The Balaban J connectivity index is 2.81. The van der Waals surface area contributed by atoms with Gasteiger partial charge in [0.2, 0.25) is 0 Å². The zero-order valence-electron chi connectivity index (χ0n) is 6.01. The maximum atomic E-state index is 5.42. The summed E-state index contributed by atoms with van der Waals surface area (Å²) in [5, 5.41) is 0. The molecule has 1 unspecified atom stereocenters. The summed E-state index contributed by atoms with van der Waals surface area (Å²) in [5.74, 6) is 0. The van der Waals surface area contributed by atoms with Gasteiger partial charge >= 0.3 is 0 Å². The molecule has 4 heteroatoms. The van der Waals surface area contributed by atoms with Gasteiger partial charge in [0.25, 0.3) is 0 Å². The molecule has 1 N–H and O–H groups in total. The van der Waals surface area contributed by atoms with E-state index >= 15 is 0 Å². The zero-order valence-corrected chi connectivity index (χ0v) is 8.35. The first-order valence-corrected chi connectivity index (χ1v) is 4.38. The Morgan fingerprint density at radius 1 is 1.64 bits per heavy atom. The summed E-state index contributed by atoms with van der Waals surface area (Å²) < 4.78 is 0.975. The van der Waals surface area contributed by atoms with Crippen LogP contribution in [0.25, 0.3) is 0 Å². The van der Waals surface area contributed by atoms with E-state index in [1.807, 2.05) is 19.1 Å². The highest BCUT2D eigenvalue weighted by molar-refractivity contribution is 9.10. The van der Waals surface area contributed by atoms with Crippen molar-refractivity contribution >= 4 is 27.7 Å². The summed E-state index contributed by atoms with van der Waals surface area (Å²) in [6.45, 7) is 1.95. The molecule has 1 aromatic rings. The van der Waals surface area contributed by atoms with Crippen LogP contribution < -0.4 is 4.84 Å². The van der Waals surface area contributed by atoms with E-state index in [0.29, 0.717) is 0 Å². The van der Waals surface area contributed by atoms with Crippen LogP contribution in [0.4, 0.5) is 0 Å². The minimum absolute atomic E-state index is 0.0877. The van der Waals surface area contributed by atoms with Gasteiger partial charge in [0, 0.05) is 10.7 Å². The number of hydrogen-bond donors (Lipinski definition) is 1. The van der Waals surface area contributed by atoms with Crippen LogP contribution in [0, 0.1) is 0 Å². The predicted molar refractivity (Wildman–Crippen MR) is 49.3 cm³/mol. The molecule has 0 fully saturated rings. The van der Waals surface area contributed by atoms with Gasteiger partial charge in [-0.3, -0.25) is 4.98 Å². The second-order valence-corrected chi connectivity index (χ2v) is 3.37. The smallest absolute Gasteiger partial charge is 0.0614 e. The molecule has 0 amide bonds. The molecule has 0 aliphatic rings. The highest BCUT2D eigenvalue weighted by Crippen LogP contribution is 2.13. The Hall–Kier alpha value is -0.120. The first kappa shape index (κ1) is 8.97. The van der Waals surface area contributed by atoms with E-state index in [1.54, 1.807) is 6.20 Å². The molecule has 0 saturated carbocycles. The van der Waals surface area contributed by atoms with Crippen LogP contribution >= 0.6 is 27.7 Å². The predicted octanol–water partition coefficient (Wildman–Crippen LogP) is 2.65. The van der Waals surface area contributed by atoms with Gasteiger partial charge in [-0.1, -0.05) is 0 Å². The lowest BCUT2D eigenvalue weighted by molar-refractivity contribution is 0.716. The molecule has 11 heavy (non-hydrogen) atoms. The summed E-state index contributed by atoms with van der Waals surface area (Å²) in [7, 11) is 0. The van der Waals surface area contributed by atoms with Gasteiger partial charge in [-0.05, 0) is 46.8 Å². The quantitative estimate of drug-likeness (QED) is 0.797. The molecule has 0 radical (unpaired) electrons. The van der Waals surface area contributed by atoms with Gasteiger partial charge in [-0.25, -0.2) is 4.84 Å². The topological polar surface area (TPSA) is 24.9 Å².